The van der Waals surface area contributed by atoms with Gasteiger partial charge in [-0.25, -0.2) is 0 Å². The molecule has 0 N–H and O–H groups in total. The van der Waals surface area contributed by atoms with Crippen LogP contribution in [0.1, 0.15) is 15.9 Å². The minimum Gasteiger partial charge on any atom is -0.337 e. The van der Waals surface area contributed by atoms with Gasteiger partial charge in [0.2, 0.25) is 0 Å². The zero-order chi connectivity index (χ0) is 13.1. The van der Waals surface area contributed by atoms with Crippen LogP contribution >= 0.6 is 22.6 Å². The summed E-state index contributed by atoms with van der Waals surface area (Å²) >= 11 is 2.22. The van der Waals surface area contributed by atoms with Crippen LogP contribution in [0.4, 0.5) is 0 Å². The molecule has 0 saturated carbocycles. The first-order chi connectivity index (χ1) is 8.56. The molecule has 2 aromatic rings. The molecule has 94 valence electrons. The van der Waals surface area contributed by atoms with Crippen molar-refractivity contribution in [3.8, 4) is 0 Å². The summed E-state index contributed by atoms with van der Waals surface area (Å²) in [7, 11) is 3.66. The first-order valence-electron chi connectivity index (χ1n) is 5.55. The van der Waals surface area contributed by atoms with Gasteiger partial charge >= 0.3 is 0 Å². The van der Waals surface area contributed by atoms with Gasteiger partial charge in [0.25, 0.3) is 5.91 Å². The average molecular weight is 355 g/mol. The number of amides is 1. The Morgan fingerprint density at radius 3 is 2.61 bits per heavy atom. The molecule has 0 bridgehead atoms. The fourth-order valence-electron chi connectivity index (χ4n) is 1.71. The fourth-order valence-corrected chi connectivity index (χ4v) is 2.07. The number of benzene rings is 1. The molecular weight excluding hydrogens is 341 g/mol. The van der Waals surface area contributed by atoms with Crippen LogP contribution < -0.4 is 0 Å². The second-order valence-corrected chi connectivity index (χ2v) is 5.44. The Kier molecular flexibility index (Phi) is 4.00. The highest BCUT2D eigenvalue weighted by atomic mass is 127. The Morgan fingerprint density at radius 1 is 1.39 bits per heavy atom. The molecule has 0 fully saturated rings. The Hall–Kier alpha value is -1.37. The normalized spacial score (nSPS) is 10.4. The number of aromatic nitrogens is 2. The van der Waals surface area contributed by atoms with E-state index in [9.17, 15) is 4.79 Å². The van der Waals surface area contributed by atoms with Crippen molar-refractivity contribution < 1.29 is 4.79 Å². The van der Waals surface area contributed by atoms with Gasteiger partial charge in [-0.2, -0.15) is 5.10 Å². The summed E-state index contributed by atoms with van der Waals surface area (Å²) in [5.74, 6) is 0.0234. The number of carbonyl (C=O) groups excluding carboxylic acids is 1. The van der Waals surface area contributed by atoms with Crippen LogP contribution in [-0.2, 0) is 13.6 Å². The first kappa shape index (κ1) is 13.1. The number of carbonyl (C=O) groups is 1. The second-order valence-electron chi connectivity index (χ2n) is 4.19. The van der Waals surface area contributed by atoms with Gasteiger partial charge in [-0.15, -0.1) is 0 Å². The summed E-state index contributed by atoms with van der Waals surface area (Å²) in [6.07, 6.45) is 3.69. The molecule has 0 aliphatic heterocycles. The van der Waals surface area contributed by atoms with Crippen LogP contribution in [0.3, 0.4) is 0 Å². The topological polar surface area (TPSA) is 38.1 Å². The second kappa shape index (κ2) is 5.51. The van der Waals surface area contributed by atoms with Crippen LogP contribution in [0.25, 0.3) is 0 Å². The number of halogens is 1. The highest BCUT2D eigenvalue weighted by Gasteiger charge is 2.12. The molecule has 0 spiro atoms. The van der Waals surface area contributed by atoms with Crippen molar-refractivity contribution in [2.24, 2.45) is 7.05 Å². The SMILES string of the molecule is CN(Cc1cnn(C)c1)C(=O)c1ccc(I)cc1. The van der Waals surface area contributed by atoms with Gasteiger partial charge in [0.15, 0.2) is 0 Å². The third-order valence-electron chi connectivity index (χ3n) is 2.62. The van der Waals surface area contributed by atoms with E-state index in [1.165, 1.54) is 0 Å². The summed E-state index contributed by atoms with van der Waals surface area (Å²) in [6.45, 7) is 0.568. The summed E-state index contributed by atoms with van der Waals surface area (Å²) in [5, 5.41) is 4.09. The number of hydrogen-bond acceptors (Lipinski definition) is 2. The van der Waals surface area contributed by atoms with Crippen molar-refractivity contribution in [2.45, 2.75) is 6.54 Å². The molecule has 5 heteroatoms. The largest absolute Gasteiger partial charge is 0.337 e. The maximum Gasteiger partial charge on any atom is 0.253 e. The van der Waals surface area contributed by atoms with Crippen molar-refractivity contribution >= 4 is 28.5 Å². The Labute approximate surface area is 120 Å². The third kappa shape index (κ3) is 3.10. The van der Waals surface area contributed by atoms with E-state index in [-0.39, 0.29) is 5.91 Å². The molecule has 1 aromatic carbocycles. The van der Waals surface area contributed by atoms with E-state index < -0.39 is 0 Å². The molecule has 1 aromatic heterocycles. The maximum absolute atomic E-state index is 12.2. The lowest BCUT2D eigenvalue weighted by Crippen LogP contribution is -2.25. The van der Waals surface area contributed by atoms with Crippen LogP contribution in [0.15, 0.2) is 36.7 Å². The smallest absolute Gasteiger partial charge is 0.253 e. The monoisotopic (exact) mass is 355 g/mol. The van der Waals surface area contributed by atoms with E-state index in [1.54, 1.807) is 22.8 Å². The van der Waals surface area contributed by atoms with E-state index in [2.05, 4.69) is 27.7 Å². The standard InChI is InChI=1S/C13H14IN3O/c1-16(8-10-7-15-17(2)9-10)13(18)11-3-5-12(14)6-4-11/h3-7,9H,8H2,1-2H3. The molecule has 1 amide bonds. The maximum atomic E-state index is 12.2. The van der Waals surface area contributed by atoms with Gasteiger partial charge < -0.3 is 4.90 Å². The van der Waals surface area contributed by atoms with Gasteiger partial charge in [-0.1, -0.05) is 0 Å². The minimum atomic E-state index is 0.0234. The summed E-state index contributed by atoms with van der Waals surface area (Å²) in [6, 6.07) is 7.57. The highest BCUT2D eigenvalue weighted by Crippen LogP contribution is 2.10. The molecule has 0 unspecified atom stereocenters. The van der Waals surface area contributed by atoms with Crippen molar-refractivity contribution in [2.75, 3.05) is 7.05 Å². The first-order valence-corrected chi connectivity index (χ1v) is 6.62. The van der Waals surface area contributed by atoms with E-state index in [4.69, 9.17) is 0 Å². The van der Waals surface area contributed by atoms with E-state index in [0.29, 0.717) is 12.1 Å². The zero-order valence-electron chi connectivity index (χ0n) is 10.3. The Morgan fingerprint density at radius 2 is 2.06 bits per heavy atom. The van der Waals surface area contributed by atoms with Crippen LogP contribution in [0, 0.1) is 3.57 Å². The summed E-state index contributed by atoms with van der Waals surface area (Å²) in [5.41, 5.74) is 1.74. The number of aryl methyl sites for hydroxylation is 1. The fraction of sp³-hybridized carbons (Fsp3) is 0.231. The molecule has 4 nitrogen and oxygen atoms in total. The molecule has 1 heterocycles. The predicted molar refractivity (Wildman–Crippen MR) is 78.2 cm³/mol. The van der Waals surface area contributed by atoms with Gasteiger partial charge in [0.05, 0.1) is 6.20 Å². The molecule has 0 saturated heterocycles. The third-order valence-corrected chi connectivity index (χ3v) is 3.34. The van der Waals surface area contributed by atoms with Gasteiger partial charge in [0.1, 0.15) is 0 Å². The molecule has 18 heavy (non-hydrogen) atoms. The van der Waals surface area contributed by atoms with Crippen molar-refractivity contribution in [1.82, 2.24) is 14.7 Å². The molecule has 0 radical (unpaired) electrons. The number of rotatable bonds is 3. The molecule has 0 aliphatic carbocycles. The summed E-state index contributed by atoms with van der Waals surface area (Å²) in [4.78, 5) is 13.9. The van der Waals surface area contributed by atoms with Crippen LogP contribution in [-0.4, -0.2) is 27.6 Å². The quantitative estimate of drug-likeness (QED) is 0.793. The highest BCUT2D eigenvalue weighted by molar-refractivity contribution is 14.1. The van der Waals surface area contributed by atoms with Crippen molar-refractivity contribution in [1.29, 1.82) is 0 Å². The average Bonchev–Trinajstić information content (AvgIpc) is 2.75. The van der Waals surface area contributed by atoms with Gasteiger partial charge in [-0.05, 0) is 46.9 Å². The number of hydrogen-bond donors (Lipinski definition) is 0. The van der Waals surface area contributed by atoms with Crippen molar-refractivity contribution in [3.05, 3.63) is 51.4 Å². The lowest BCUT2D eigenvalue weighted by atomic mass is 10.2. The number of nitrogens with zero attached hydrogens (tertiary/aromatic N) is 3. The van der Waals surface area contributed by atoms with Gasteiger partial charge in [-0.3, -0.25) is 9.48 Å². The lowest BCUT2D eigenvalue weighted by molar-refractivity contribution is 0.0785. The summed E-state index contributed by atoms with van der Waals surface area (Å²) < 4.78 is 2.86. The molecule has 0 atom stereocenters. The van der Waals surface area contributed by atoms with E-state index >= 15 is 0 Å². The van der Waals surface area contributed by atoms with Crippen LogP contribution in [0.2, 0.25) is 0 Å². The molecule has 2 rings (SSSR count). The Balaban J connectivity index is 2.07. The van der Waals surface area contributed by atoms with Crippen LogP contribution in [0.5, 0.6) is 0 Å². The van der Waals surface area contributed by atoms with Crippen molar-refractivity contribution in [3.63, 3.8) is 0 Å². The molecular formula is C13H14IN3O. The van der Waals surface area contributed by atoms with E-state index in [1.807, 2.05) is 37.5 Å². The molecule has 0 aliphatic rings. The van der Waals surface area contributed by atoms with Gasteiger partial charge in [0, 0.05) is 41.5 Å². The van der Waals surface area contributed by atoms with E-state index in [0.717, 1.165) is 9.13 Å². The minimum absolute atomic E-state index is 0.0234. The lowest BCUT2D eigenvalue weighted by Gasteiger charge is -2.16. The Bertz CT molecular complexity index is 548. The predicted octanol–water partition coefficient (Wildman–Crippen LogP) is 2.30. The zero-order valence-corrected chi connectivity index (χ0v) is 12.5.